The summed E-state index contributed by atoms with van der Waals surface area (Å²) in [5.41, 5.74) is 0.847. The SMILES string of the molecule is OCc1ccc(OCCN2CCC(Oc3ccc(F)cc3F)C2)cc1. The van der Waals surface area contributed by atoms with E-state index in [0.29, 0.717) is 13.2 Å². The Balaban J connectivity index is 1.41. The summed E-state index contributed by atoms with van der Waals surface area (Å²) in [6.07, 6.45) is 0.686. The molecule has 0 amide bonds. The van der Waals surface area contributed by atoms with Gasteiger partial charge in [0.15, 0.2) is 11.6 Å². The molecule has 6 heteroatoms. The summed E-state index contributed by atoms with van der Waals surface area (Å²) < 4.78 is 37.9. The normalized spacial score (nSPS) is 17.6. The number of halogens is 2. The number of ether oxygens (including phenoxy) is 2. The zero-order valence-corrected chi connectivity index (χ0v) is 13.8. The molecule has 0 radical (unpaired) electrons. The Bertz CT molecular complexity index is 694. The lowest BCUT2D eigenvalue weighted by molar-refractivity contribution is 0.180. The van der Waals surface area contributed by atoms with Crippen molar-refractivity contribution in [2.45, 2.75) is 19.1 Å². The monoisotopic (exact) mass is 349 g/mol. The van der Waals surface area contributed by atoms with Crippen LogP contribution in [0.15, 0.2) is 42.5 Å². The van der Waals surface area contributed by atoms with Crippen LogP contribution < -0.4 is 9.47 Å². The Labute approximate surface area is 145 Å². The molecular formula is C19H21F2NO3. The number of likely N-dealkylation sites (tertiary alicyclic amines) is 1. The van der Waals surface area contributed by atoms with E-state index in [1.165, 1.54) is 12.1 Å². The molecule has 0 bridgehead atoms. The van der Waals surface area contributed by atoms with Gasteiger partial charge in [0.25, 0.3) is 0 Å². The lowest BCUT2D eigenvalue weighted by atomic mass is 10.2. The third-order valence-electron chi connectivity index (χ3n) is 4.20. The van der Waals surface area contributed by atoms with E-state index in [4.69, 9.17) is 14.6 Å². The maximum Gasteiger partial charge on any atom is 0.167 e. The van der Waals surface area contributed by atoms with Crippen LogP contribution in [0.25, 0.3) is 0 Å². The van der Waals surface area contributed by atoms with E-state index in [2.05, 4.69) is 4.90 Å². The summed E-state index contributed by atoms with van der Waals surface area (Å²) in [4.78, 5) is 2.19. The van der Waals surface area contributed by atoms with Gasteiger partial charge in [0.2, 0.25) is 0 Å². The van der Waals surface area contributed by atoms with Crippen LogP contribution in [0.3, 0.4) is 0 Å². The van der Waals surface area contributed by atoms with Crippen LogP contribution in [0.4, 0.5) is 8.78 Å². The van der Waals surface area contributed by atoms with Gasteiger partial charge in [-0.05, 0) is 36.2 Å². The zero-order valence-electron chi connectivity index (χ0n) is 13.8. The van der Waals surface area contributed by atoms with Crippen molar-refractivity contribution < 1.29 is 23.4 Å². The molecule has 1 atom stereocenters. The van der Waals surface area contributed by atoms with Gasteiger partial charge >= 0.3 is 0 Å². The van der Waals surface area contributed by atoms with E-state index in [9.17, 15) is 8.78 Å². The molecule has 1 fully saturated rings. The molecule has 1 aliphatic rings. The van der Waals surface area contributed by atoms with Gasteiger partial charge in [-0.3, -0.25) is 4.90 Å². The van der Waals surface area contributed by atoms with E-state index >= 15 is 0 Å². The standard InChI is InChI=1S/C19H21F2NO3/c20-15-3-6-19(18(21)11-15)25-17-7-8-22(12-17)9-10-24-16-4-1-14(13-23)2-5-16/h1-6,11,17,23H,7-10,12-13H2. The molecule has 1 aliphatic heterocycles. The largest absolute Gasteiger partial charge is 0.492 e. The van der Waals surface area contributed by atoms with Crippen LogP contribution in [-0.4, -0.2) is 42.4 Å². The van der Waals surface area contributed by atoms with Crippen LogP contribution in [0.1, 0.15) is 12.0 Å². The van der Waals surface area contributed by atoms with Crippen LogP contribution >= 0.6 is 0 Å². The third kappa shape index (κ3) is 4.90. The molecule has 4 nitrogen and oxygen atoms in total. The van der Waals surface area contributed by atoms with E-state index in [-0.39, 0.29) is 18.5 Å². The Kier molecular flexibility index (Phi) is 5.83. The molecule has 1 N–H and O–H groups in total. The number of hydrogen-bond donors (Lipinski definition) is 1. The van der Waals surface area contributed by atoms with Gasteiger partial charge in [0, 0.05) is 25.7 Å². The average molecular weight is 349 g/mol. The first-order chi connectivity index (χ1) is 12.1. The highest BCUT2D eigenvalue weighted by atomic mass is 19.1. The quantitative estimate of drug-likeness (QED) is 0.834. The first kappa shape index (κ1) is 17.6. The fourth-order valence-corrected chi connectivity index (χ4v) is 2.83. The predicted molar refractivity (Wildman–Crippen MR) is 89.7 cm³/mol. The van der Waals surface area contributed by atoms with E-state index < -0.39 is 11.6 Å². The highest BCUT2D eigenvalue weighted by molar-refractivity contribution is 5.27. The lowest BCUT2D eigenvalue weighted by Gasteiger charge is -2.17. The fraction of sp³-hybridized carbons (Fsp3) is 0.368. The highest BCUT2D eigenvalue weighted by Gasteiger charge is 2.24. The molecule has 1 unspecified atom stereocenters. The zero-order chi connectivity index (χ0) is 17.6. The van der Waals surface area contributed by atoms with Crippen molar-refractivity contribution in [1.29, 1.82) is 0 Å². The maximum absolute atomic E-state index is 13.6. The smallest absolute Gasteiger partial charge is 0.167 e. The second-order valence-electron chi connectivity index (χ2n) is 6.05. The summed E-state index contributed by atoms with van der Waals surface area (Å²) in [5.74, 6) is -0.429. The van der Waals surface area contributed by atoms with Crippen molar-refractivity contribution in [3.8, 4) is 11.5 Å². The maximum atomic E-state index is 13.6. The number of aliphatic hydroxyl groups is 1. The molecule has 25 heavy (non-hydrogen) atoms. The summed E-state index contributed by atoms with van der Waals surface area (Å²) in [6.45, 7) is 2.83. The van der Waals surface area contributed by atoms with Crippen LogP contribution in [0.2, 0.25) is 0 Å². The van der Waals surface area contributed by atoms with Crippen LogP contribution in [-0.2, 0) is 6.61 Å². The molecular weight excluding hydrogens is 328 g/mol. The topological polar surface area (TPSA) is 41.9 Å². The summed E-state index contributed by atoms with van der Waals surface area (Å²) >= 11 is 0. The van der Waals surface area contributed by atoms with Gasteiger partial charge in [-0.15, -0.1) is 0 Å². The summed E-state index contributed by atoms with van der Waals surface area (Å²) in [7, 11) is 0. The van der Waals surface area contributed by atoms with E-state index in [1.807, 2.05) is 24.3 Å². The van der Waals surface area contributed by atoms with Gasteiger partial charge < -0.3 is 14.6 Å². The summed E-state index contributed by atoms with van der Waals surface area (Å²) in [6, 6.07) is 10.7. The van der Waals surface area contributed by atoms with Crippen LogP contribution in [0.5, 0.6) is 11.5 Å². The van der Waals surface area contributed by atoms with Crippen molar-refractivity contribution in [3.63, 3.8) is 0 Å². The van der Waals surface area contributed by atoms with Gasteiger partial charge in [-0.1, -0.05) is 12.1 Å². The second-order valence-corrected chi connectivity index (χ2v) is 6.05. The average Bonchev–Trinajstić information content (AvgIpc) is 3.05. The van der Waals surface area contributed by atoms with E-state index in [1.54, 1.807) is 0 Å². The fourth-order valence-electron chi connectivity index (χ4n) is 2.83. The van der Waals surface area contributed by atoms with Crippen molar-refractivity contribution >= 4 is 0 Å². The van der Waals surface area contributed by atoms with Gasteiger partial charge in [0.1, 0.15) is 24.3 Å². The Morgan fingerprint density at radius 3 is 2.64 bits per heavy atom. The van der Waals surface area contributed by atoms with Gasteiger partial charge in [-0.2, -0.15) is 0 Å². The minimum Gasteiger partial charge on any atom is -0.492 e. The number of hydrogen-bond acceptors (Lipinski definition) is 4. The molecule has 134 valence electrons. The van der Waals surface area contributed by atoms with Crippen molar-refractivity contribution in [2.75, 3.05) is 26.2 Å². The molecule has 0 saturated carbocycles. The number of benzene rings is 2. The number of aliphatic hydroxyl groups excluding tert-OH is 1. The molecule has 0 aromatic heterocycles. The molecule has 3 rings (SSSR count). The van der Waals surface area contributed by atoms with Crippen molar-refractivity contribution in [1.82, 2.24) is 4.90 Å². The van der Waals surface area contributed by atoms with Crippen molar-refractivity contribution in [3.05, 3.63) is 59.7 Å². The molecule has 0 aliphatic carbocycles. The summed E-state index contributed by atoms with van der Waals surface area (Å²) in [5, 5.41) is 9.01. The first-order valence-electron chi connectivity index (χ1n) is 8.30. The number of rotatable bonds is 7. The van der Waals surface area contributed by atoms with Crippen molar-refractivity contribution in [2.24, 2.45) is 0 Å². The Morgan fingerprint density at radius 2 is 1.92 bits per heavy atom. The molecule has 2 aromatic carbocycles. The predicted octanol–water partition coefficient (Wildman–Crippen LogP) is 2.99. The minimum absolute atomic E-state index is 0.0180. The minimum atomic E-state index is -0.673. The Morgan fingerprint density at radius 1 is 1.12 bits per heavy atom. The number of nitrogens with zero attached hydrogens (tertiary/aromatic N) is 1. The van der Waals surface area contributed by atoms with Gasteiger partial charge in [0.05, 0.1) is 6.61 Å². The second kappa shape index (κ2) is 8.27. The molecule has 2 aromatic rings. The van der Waals surface area contributed by atoms with Gasteiger partial charge in [-0.25, -0.2) is 8.78 Å². The lowest BCUT2D eigenvalue weighted by Crippen LogP contribution is -2.28. The first-order valence-corrected chi connectivity index (χ1v) is 8.30. The highest BCUT2D eigenvalue weighted by Crippen LogP contribution is 2.22. The van der Waals surface area contributed by atoms with E-state index in [0.717, 1.165) is 36.9 Å². The molecule has 0 spiro atoms. The Hall–Kier alpha value is -2.18. The molecule has 1 heterocycles. The third-order valence-corrected chi connectivity index (χ3v) is 4.20. The van der Waals surface area contributed by atoms with Crippen LogP contribution in [0, 0.1) is 11.6 Å². The molecule has 1 saturated heterocycles.